The molecule has 4 nitrogen and oxygen atoms in total. The van der Waals surface area contributed by atoms with E-state index in [1.165, 1.54) is 0 Å². The third-order valence-electron chi connectivity index (χ3n) is 1.24. The Kier molecular flexibility index (Phi) is 2.03. The van der Waals surface area contributed by atoms with E-state index >= 15 is 0 Å². The number of nitrogens with zero attached hydrogens (tertiary/aromatic N) is 1. The van der Waals surface area contributed by atoms with Crippen LogP contribution < -0.4 is 5.48 Å². The molecule has 0 bridgehead atoms. The molecule has 0 aliphatic carbocycles. The fourth-order valence-corrected chi connectivity index (χ4v) is 0.809. The van der Waals surface area contributed by atoms with Gasteiger partial charge in [0.05, 0.1) is 12.2 Å². The Labute approximate surface area is 58.8 Å². The third kappa shape index (κ3) is 1.34. The zero-order chi connectivity index (χ0) is 7.56. The Bertz CT molecular complexity index is 220. The second kappa shape index (κ2) is 2.81. The minimum absolute atomic E-state index is 0.312. The molecular weight excluding hydrogens is 132 g/mol. The van der Waals surface area contributed by atoms with Crippen molar-refractivity contribution in [2.45, 2.75) is 20.4 Å². The molecule has 1 aromatic heterocycles. The van der Waals surface area contributed by atoms with E-state index in [1.54, 1.807) is 6.92 Å². The topological polar surface area (TPSA) is 58.3 Å². The number of aryl methyl sites for hydroxylation is 2. The fourth-order valence-electron chi connectivity index (χ4n) is 0.809. The van der Waals surface area contributed by atoms with Crippen LogP contribution in [-0.2, 0) is 6.54 Å². The van der Waals surface area contributed by atoms with Gasteiger partial charge in [0.15, 0.2) is 5.89 Å². The van der Waals surface area contributed by atoms with Crippen molar-refractivity contribution < 1.29 is 9.62 Å². The zero-order valence-corrected chi connectivity index (χ0v) is 6.01. The number of nitrogens with one attached hydrogen (secondary N) is 1. The van der Waals surface area contributed by atoms with E-state index in [-0.39, 0.29) is 0 Å². The van der Waals surface area contributed by atoms with Crippen LogP contribution in [0.2, 0.25) is 0 Å². The molecule has 10 heavy (non-hydrogen) atoms. The van der Waals surface area contributed by atoms with Crippen molar-refractivity contribution in [3.05, 3.63) is 17.3 Å². The maximum absolute atomic E-state index is 8.32. The van der Waals surface area contributed by atoms with Crippen LogP contribution in [0.5, 0.6) is 0 Å². The first-order valence-corrected chi connectivity index (χ1v) is 3.04. The maximum Gasteiger partial charge on any atom is 0.191 e. The van der Waals surface area contributed by atoms with Gasteiger partial charge in [0.1, 0.15) is 5.76 Å². The van der Waals surface area contributed by atoms with Gasteiger partial charge in [0.25, 0.3) is 0 Å². The summed E-state index contributed by atoms with van der Waals surface area (Å²) in [5.74, 6) is 1.31. The molecule has 0 amide bonds. The molecule has 1 rings (SSSR count). The number of aromatic nitrogens is 1. The van der Waals surface area contributed by atoms with Crippen molar-refractivity contribution in [2.24, 2.45) is 0 Å². The molecular formula is C6H10N2O2. The predicted molar refractivity (Wildman–Crippen MR) is 34.6 cm³/mol. The van der Waals surface area contributed by atoms with Crippen molar-refractivity contribution in [3.63, 3.8) is 0 Å². The minimum Gasteiger partial charge on any atom is -0.444 e. The lowest BCUT2D eigenvalue weighted by atomic mass is 10.4. The van der Waals surface area contributed by atoms with Gasteiger partial charge in [0, 0.05) is 6.92 Å². The molecule has 0 aliphatic heterocycles. The molecule has 1 aromatic rings. The molecule has 4 heteroatoms. The van der Waals surface area contributed by atoms with Crippen LogP contribution in [-0.4, -0.2) is 10.2 Å². The summed E-state index contributed by atoms with van der Waals surface area (Å²) in [6, 6.07) is 0. The molecule has 0 radical (unpaired) electrons. The van der Waals surface area contributed by atoms with Crippen molar-refractivity contribution in [2.75, 3.05) is 0 Å². The lowest BCUT2D eigenvalue weighted by Gasteiger charge is -1.91. The Morgan fingerprint density at radius 2 is 2.30 bits per heavy atom. The zero-order valence-electron chi connectivity index (χ0n) is 6.01. The van der Waals surface area contributed by atoms with Crippen LogP contribution >= 0.6 is 0 Å². The van der Waals surface area contributed by atoms with Crippen LogP contribution in [0.3, 0.4) is 0 Å². The first-order valence-electron chi connectivity index (χ1n) is 3.04. The van der Waals surface area contributed by atoms with Crippen LogP contribution in [0.15, 0.2) is 4.42 Å². The van der Waals surface area contributed by atoms with E-state index in [0.29, 0.717) is 18.2 Å². The second-order valence-corrected chi connectivity index (χ2v) is 2.08. The van der Waals surface area contributed by atoms with E-state index < -0.39 is 0 Å². The summed E-state index contributed by atoms with van der Waals surface area (Å²) in [6.07, 6.45) is 0. The van der Waals surface area contributed by atoms with Crippen LogP contribution in [0.1, 0.15) is 17.3 Å². The Morgan fingerprint density at radius 1 is 1.60 bits per heavy atom. The number of hydroxylamine groups is 1. The average molecular weight is 142 g/mol. The summed E-state index contributed by atoms with van der Waals surface area (Å²) in [4.78, 5) is 4.01. The predicted octanol–water partition coefficient (Wildman–Crippen LogP) is 0.770. The molecule has 0 saturated carbocycles. The Balaban J connectivity index is 2.81. The molecule has 0 saturated heterocycles. The van der Waals surface area contributed by atoms with Crippen molar-refractivity contribution in [1.82, 2.24) is 10.5 Å². The van der Waals surface area contributed by atoms with Gasteiger partial charge in [0.2, 0.25) is 0 Å². The van der Waals surface area contributed by atoms with E-state index in [1.807, 2.05) is 12.4 Å². The molecule has 56 valence electrons. The second-order valence-electron chi connectivity index (χ2n) is 2.08. The van der Waals surface area contributed by atoms with Crippen molar-refractivity contribution in [1.29, 1.82) is 0 Å². The largest absolute Gasteiger partial charge is 0.444 e. The van der Waals surface area contributed by atoms with Gasteiger partial charge < -0.3 is 9.62 Å². The monoisotopic (exact) mass is 142 g/mol. The molecule has 2 N–H and O–H groups in total. The van der Waals surface area contributed by atoms with Gasteiger partial charge in [-0.3, -0.25) is 0 Å². The van der Waals surface area contributed by atoms with Crippen molar-refractivity contribution in [3.8, 4) is 0 Å². The van der Waals surface area contributed by atoms with Gasteiger partial charge in [-0.1, -0.05) is 0 Å². The van der Waals surface area contributed by atoms with E-state index in [9.17, 15) is 0 Å². The van der Waals surface area contributed by atoms with Crippen LogP contribution in [0.25, 0.3) is 0 Å². The van der Waals surface area contributed by atoms with E-state index in [4.69, 9.17) is 9.62 Å². The summed E-state index contributed by atoms with van der Waals surface area (Å²) in [5.41, 5.74) is 2.82. The number of rotatable bonds is 2. The SMILES string of the molecule is Cc1nc(C)c(CNO)o1. The summed E-state index contributed by atoms with van der Waals surface area (Å²) in [7, 11) is 0. The Morgan fingerprint density at radius 3 is 2.70 bits per heavy atom. The van der Waals surface area contributed by atoms with Crippen LogP contribution in [0, 0.1) is 13.8 Å². The molecule has 0 atom stereocenters. The molecule has 0 aliphatic rings. The number of oxazole rings is 1. The fraction of sp³-hybridized carbons (Fsp3) is 0.500. The standard InChI is InChI=1S/C6H10N2O2/c1-4-6(3-7-9)10-5(2)8-4/h7,9H,3H2,1-2H3. The molecule has 0 unspecified atom stereocenters. The summed E-state index contributed by atoms with van der Waals surface area (Å²) < 4.78 is 5.12. The van der Waals surface area contributed by atoms with Gasteiger partial charge in [-0.2, -0.15) is 5.48 Å². The first-order chi connectivity index (χ1) is 4.74. The summed E-state index contributed by atoms with van der Waals surface area (Å²) in [6.45, 7) is 3.92. The maximum atomic E-state index is 8.32. The summed E-state index contributed by atoms with van der Waals surface area (Å²) in [5, 5.41) is 8.32. The van der Waals surface area contributed by atoms with Gasteiger partial charge >= 0.3 is 0 Å². The highest BCUT2D eigenvalue weighted by atomic mass is 16.5. The third-order valence-corrected chi connectivity index (χ3v) is 1.24. The first kappa shape index (κ1) is 7.24. The molecule has 0 fully saturated rings. The molecule has 0 spiro atoms. The minimum atomic E-state index is 0.312. The highest BCUT2D eigenvalue weighted by Gasteiger charge is 2.03. The average Bonchev–Trinajstić information content (AvgIpc) is 2.13. The Hall–Kier alpha value is -0.870. The lowest BCUT2D eigenvalue weighted by molar-refractivity contribution is 0.152. The van der Waals surface area contributed by atoms with E-state index in [2.05, 4.69) is 4.98 Å². The lowest BCUT2D eigenvalue weighted by Crippen LogP contribution is -2.05. The molecule has 0 aromatic carbocycles. The van der Waals surface area contributed by atoms with Gasteiger partial charge in [-0.15, -0.1) is 0 Å². The molecule has 1 heterocycles. The van der Waals surface area contributed by atoms with Gasteiger partial charge in [-0.05, 0) is 6.92 Å². The van der Waals surface area contributed by atoms with Crippen LogP contribution in [0.4, 0.5) is 0 Å². The number of hydrogen-bond acceptors (Lipinski definition) is 4. The van der Waals surface area contributed by atoms with E-state index in [0.717, 1.165) is 5.69 Å². The van der Waals surface area contributed by atoms with Gasteiger partial charge in [-0.25, -0.2) is 4.98 Å². The smallest absolute Gasteiger partial charge is 0.191 e. The quantitative estimate of drug-likeness (QED) is 0.599. The normalized spacial score (nSPS) is 10.3. The highest BCUT2D eigenvalue weighted by molar-refractivity contribution is 5.06. The highest BCUT2D eigenvalue weighted by Crippen LogP contribution is 2.07. The van der Waals surface area contributed by atoms with Crippen molar-refractivity contribution >= 4 is 0 Å². The summed E-state index contributed by atoms with van der Waals surface area (Å²) >= 11 is 0. The number of hydrogen-bond donors (Lipinski definition) is 2.